The van der Waals surface area contributed by atoms with Gasteiger partial charge < -0.3 is 0 Å². The number of hydrogen-bond donors (Lipinski definition) is 0. The molecule has 0 unspecified atom stereocenters. The standard InChI is InChI=1S/C9H14N4/c1-2-4-13(5-3-1)8-9-6-10-12-11-7-9/h6-7H,1-5,8H2. The van der Waals surface area contributed by atoms with E-state index in [0.29, 0.717) is 0 Å². The van der Waals surface area contributed by atoms with E-state index in [-0.39, 0.29) is 0 Å². The van der Waals surface area contributed by atoms with Crippen LogP contribution in [-0.2, 0) is 6.54 Å². The quantitative estimate of drug-likeness (QED) is 0.673. The average molecular weight is 178 g/mol. The lowest BCUT2D eigenvalue weighted by atomic mass is 10.1. The van der Waals surface area contributed by atoms with Gasteiger partial charge in [-0.15, -0.1) is 10.2 Å². The zero-order valence-electron chi connectivity index (χ0n) is 7.69. The third-order valence-electron chi connectivity index (χ3n) is 2.41. The van der Waals surface area contributed by atoms with Crippen LogP contribution in [-0.4, -0.2) is 33.4 Å². The van der Waals surface area contributed by atoms with Gasteiger partial charge in [0.15, 0.2) is 0 Å². The SMILES string of the molecule is c1nnncc1CN1CCCCC1. The molecule has 0 spiro atoms. The molecule has 1 aromatic rings. The summed E-state index contributed by atoms with van der Waals surface area (Å²) < 4.78 is 0. The molecule has 70 valence electrons. The van der Waals surface area contributed by atoms with Gasteiger partial charge in [-0.25, -0.2) is 0 Å². The molecule has 4 nitrogen and oxygen atoms in total. The molecule has 1 aromatic heterocycles. The van der Waals surface area contributed by atoms with Crippen molar-refractivity contribution < 1.29 is 0 Å². The van der Waals surface area contributed by atoms with Crippen LogP contribution in [0, 0.1) is 0 Å². The molecule has 1 fully saturated rings. The Kier molecular flexibility index (Phi) is 2.82. The van der Waals surface area contributed by atoms with Gasteiger partial charge >= 0.3 is 0 Å². The van der Waals surface area contributed by atoms with Crippen LogP contribution in [0.1, 0.15) is 24.8 Å². The van der Waals surface area contributed by atoms with E-state index in [9.17, 15) is 0 Å². The van der Waals surface area contributed by atoms with Crippen molar-refractivity contribution in [3.63, 3.8) is 0 Å². The second-order valence-corrected chi connectivity index (χ2v) is 3.49. The van der Waals surface area contributed by atoms with Crippen LogP contribution in [0.15, 0.2) is 12.4 Å². The molecule has 0 aromatic carbocycles. The van der Waals surface area contributed by atoms with Crippen molar-refractivity contribution in [3.8, 4) is 0 Å². The maximum atomic E-state index is 3.76. The Morgan fingerprint density at radius 2 is 1.77 bits per heavy atom. The molecular weight excluding hydrogens is 164 g/mol. The first kappa shape index (κ1) is 8.56. The summed E-state index contributed by atoms with van der Waals surface area (Å²) in [5.41, 5.74) is 1.16. The number of hydrogen-bond acceptors (Lipinski definition) is 4. The number of likely N-dealkylation sites (tertiary alicyclic amines) is 1. The molecule has 0 amide bonds. The Labute approximate surface area is 78.0 Å². The van der Waals surface area contributed by atoms with E-state index < -0.39 is 0 Å². The van der Waals surface area contributed by atoms with Crippen molar-refractivity contribution in [2.75, 3.05) is 13.1 Å². The van der Waals surface area contributed by atoms with E-state index in [1.54, 1.807) is 12.4 Å². The molecule has 2 heterocycles. The lowest BCUT2D eigenvalue weighted by molar-refractivity contribution is 0.220. The summed E-state index contributed by atoms with van der Waals surface area (Å²) in [6.45, 7) is 3.40. The van der Waals surface area contributed by atoms with Crippen molar-refractivity contribution in [3.05, 3.63) is 18.0 Å². The third kappa shape index (κ3) is 2.45. The van der Waals surface area contributed by atoms with E-state index in [4.69, 9.17) is 0 Å². The zero-order valence-corrected chi connectivity index (χ0v) is 7.69. The van der Waals surface area contributed by atoms with Crippen molar-refractivity contribution in [2.24, 2.45) is 0 Å². The van der Waals surface area contributed by atoms with Crippen LogP contribution in [0.25, 0.3) is 0 Å². The Balaban J connectivity index is 1.90. The first-order valence-corrected chi connectivity index (χ1v) is 4.80. The predicted molar refractivity (Wildman–Crippen MR) is 49.0 cm³/mol. The Morgan fingerprint density at radius 3 is 2.46 bits per heavy atom. The first-order chi connectivity index (χ1) is 6.45. The molecule has 1 aliphatic heterocycles. The molecular formula is C9H14N4. The first-order valence-electron chi connectivity index (χ1n) is 4.80. The van der Waals surface area contributed by atoms with Crippen LogP contribution >= 0.6 is 0 Å². The van der Waals surface area contributed by atoms with Gasteiger partial charge in [-0.05, 0) is 31.1 Å². The van der Waals surface area contributed by atoms with E-state index in [1.807, 2.05) is 0 Å². The summed E-state index contributed by atoms with van der Waals surface area (Å²) in [5, 5.41) is 11.0. The van der Waals surface area contributed by atoms with Gasteiger partial charge in [0.1, 0.15) is 0 Å². The van der Waals surface area contributed by atoms with Crippen LogP contribution < -0.4 is 0 Å². The number of rotatable bonds is 2. The monoisotopic (exact) mass is 178 g/mol. The van der Waals surface area contributed by atoms with Gasteiger partial charge in [-0.2, -0.15) is 0 Å². The summed E-state index contributed by atoms with van der Waals surface area (Å²) in [4.78, 5) is 2.45. The number of nitrogens with zero attached hydrogens (tertiary/aromatic N) is 4. The Bertz CT molecular complexity index is 243. The van der Waals surface area contributed by atoms with Gasteiger partial charge in [-0.1, -0.05) is 6.42 Å². The highest BCUT2D eigenvalue weighted by Crippen LogP contribution is 2.11. The fraction of sp³-hybridized carbons (Fsp3) is 0.667. The van der Waals surface area contributed by atoms with Gasteiger partial charge in [-0.3, -0.25) is 4.90 Å². The second kappa shape index (κ2) is 4.28. The van der Waals surface area contributed by atoms with Crippen molar-refractivity contribution >= 4 is 0 Å². The summed E-state index contributed by atoms with van der Waals surface area (Å²) in [6, 6.07) is 0. The zero-order chi connectivity index (χ0) is 8.93. The van der Waals surface area contributed by atoms with E-state index in [0.717, 1.165) is 12.1 Å². The lowest BCUT2D eigenvalue weighted by Crippen LogP contribution is -2.29. The molecule has 4 heteroatoms. The summed E-state index contributed by atoms with van der Waals surface area (Å²) in [5.74, 6) is 0. The Hall–Kier alpha value is -1.03. The fourth-order valence-corrected chi connectivity index (χ4v) is 1.72. The van der Waals surface area contributed by atoms with Crippen molar-refractivity contribution in [2.45, 2.75) is 25.8 Å². The third-order valence-corrected chi connectivity index (χ3v) is 2.41. The van der Waals surface area contributed by atoms with Gasteiger partial charge in [0.2, 0.25) is 0 Å². The van der Waals surface area contributed by atoms with Crippen LogP contribution in [0.4, 0.5) is 0 Å². The van der Waals surface area contributed by atoms with Gasteiger partial charge in [0.05, 0.1) is 12.4 Å². The molecule has 1 aliphatic rings. The van der Waals surface area contributed by atoms with Gasteiger partial charge in [0.25, 0.3) is 0 Å². The maximum absolute atomic E-state index is 3.76. The molecule has 1 saturated heterocycles. The topological polar surface area (TPSA) is 41.9 Å². The molecule has 0 saturated carbocycles. The molecule has 0 N–H and O–H groups in total. The summed E-state index contributed by atoms with van der Waals surface area (Å²) >= 11 is 0. The molecule has 0 atom stereocenters. The molecule has 0 aliphatic carbocycles. The highest BCUT2D eigenvalue weighted by atomic mass is 15.3. The van der Waals surface area contributed by atoms with Crippen LogP contribution in [0.3, 0.4) is 0 Å². The average Bonchev–Trinajstić information content (AvgIpc) is 2.21. The van der Waals surface area contributed by atoms with E-state index in [2.05, 4.69) is 20.3 Å². The highest BCUT2D eigenvalue weighted by molar-refractivity contribution is 5.00. The van der Waals surface area contributed by atoms with Gasteiger partial charge in [0, 0.05) is 12.1 Å². The second-order valence-electron chi connectivity index (χ2n) is 3.49. The largest absolute Gasteiger partial charge is 0.299 e. The number of aromatic nitrogens is 3. The van der Waals surface area contributed by atoms with E-state index >= 15 is 0 Å². The Morgan fingerprint density at radius 1 is 1.08 bits per heavy atom. The molecule has 0 radical (unpaired) electrons. The van der Waals surface area contributed by atoms with Crippen LogP contribution in [0.5, 0.6) is 0 Å². The predicted octanol–water partition coefficient (Wildman–Crippen LogP) is 0.858. The van der Waals surface area contributed by atoms with Crippen LogP contribution in [0.2, 0.25) is 0 Å². The molecule has 0 bridgehead atoms. The minimum Gasteiger partial charge on any atom is -0.299 e. The van der Waals surface area contributed by atoms with Crippen molar-refractivity contribution in [1.82, 2.24) is 20.3 Å². The maximum Gasteiger partial charge on any atom is 0.0575 e. The fourth-order valence-electron chi connectivity index (χ4n) is 1.72. The lowest BCUT2D eigenvalue weighted by Gasteiger charge is -2.25. The number of piperidine rings is 1. The molecule has 13 heavy (non-hydrogen) atoms. The smallest absolute Gasteiger partial charge is 0.0575 e. The minimum atomic E-state index is 0.975. The summed E-state index contributed by atoms with van der Waals surface area (Å²) in [6.07, 6.45) is 7.62. The van der Waals surface area contributed by atoms with Crippen molar-refractivity contribution in [1.29, 1.82) is 0 Å². The van der Waals surface area contributed by atoms with E-state index in [1.165, 1.54) is 32.4 Å². The highest BCUT2D eigenvalue weighted by Gasteiger charge is 2.10. The summed E-state index contributed by atoms with van der Waals surface area (Å²) in [7, 11) is 0. The minimum absolute atomic E-state index is 0.975. The normalized spacial score (nSPS) is 18.8. The molecule has 2 rings (SSSR count).